The zero-order valence-corrected chi connectivity index (χ0v) is 10.6. The summed E-state index contributed by atoms with van der Waals surface area (Å²) in [5, 5.41) is 11.4. The summed E-state index contributed by atoms with van der Waals surface area (Å²) in [7, 11) is 0. The van der Waals surface area contributed by atoms with Gasteiger partial charge in [0.05, 0.1) is 19.8 Å². The van der Waals surface area contributed by atoms with Gasteiger partial charge in [-0.25, -0.2) is 0 Å². The zero-order chi connectivity index (χ0) is 12.5. The number of carbonyl (C=O) groups is 1. The van der Waals surface area contributed by atoms with E-state index in [0.29, 0.717) is 44.4 Å². The number of hydrogen-bond donors (Lipinski definition) is 1. The summed E-state index contributed by atoms with van der Waals surface area (Å²) in [6.07, 6.45) is 4.01. The van der Waals surface area contributed by atoms with Crippen LogP contribution in [0, 0.1) is 11.5 Å². The molecule has 7 heteroatoms. The fraction of sp³-hybridized carbons (Fsp3) is 0.700. The van der Waals surface area contributed by atoms with Crippen LogP contribution in [0.3, 0.4) is 0 Å². The van der Waals surface area contributed by atoms with Gasteiger partial charge in [-0.3, -0.25) is 15.1 Å². The van der Waals surface area contributed by atoms with Gasteiger partial charge in [0, 0.05) is 19.5 Å². The van der Waals surface area contributed by atoms with Gasteiger partial charge in [-0.2, -0.15) is 5.26 Å². The highest BCUT2D eigenvalue weighted by Crippen LogP contribution is 2.01. The van der Waals surface area contributed by atoms with Gasteiger partial charge >= 0.3 is 0 Å². The Kier molecular flexibility index (Phi) is 6.43. The molecule has 1 aliphatic heterocycles. The number of nitriles is 1. The van der Waals surface area contributed by atoms with Crippen LogP contribution in [0.1, 0.15) is 6.42 Å². The minimum absolute atomic E-state index is 0.0921. The van der Waals surface area contributed by atoms with Crippen LogP contribution >= 0.6 is 11.8 Å². The maximum absolute atomic E-state index is 11.7. The van der Waals surface area contributed by atoms with Crippen LogP contribution < -0.4 is 5.32 Å². The SMILES string of the molecule is CSC(=NCCC(=O)N1CCOCC1)NC#N. The highest BCUT2D eigenvalue weighted by Gasteiger charge is 2.15. The van der Waals surface area contributed by atoms with Crippen molar-refractivity contribution in [2.24, 2.45) is 4.99 Å². The average Bonchev–Trinajstić information content (AvgIpc) is 2.38. The summed E-state index contributed by atoms with van der Waals surface area (Å²) in [6, 6.07) is 0. The van der Waals surface area contributed by atoms with Crippen molar-refractivity contribution in [2.75, 3.05) is 39.1 Å². The number of nitrogens with one attached hydrogen (secondary N) is 1. The first-order valence-electron chi connectivity index (χ1n) is 5.37. The number of thioether (sulfide) groups is 1. The number of hydrogen-bond acceptors (Lipinski definition) is 5. The second kappa shape index (κ2) is 7.92. The Bertz CT molecular complexity index is 321. The second-order valence-corrected chi connectivity index (χ2v) is 4.17. The molecule has 1 N–H and O–H groups in total. The Balaban J connectivity index is 2.29. The number of amides is 1. The number of nitrogens with zero attached hydrogens (tertiary/aromatic N) is 3. The molecule has 0 aliphatic carbocycles. The van der Waals surface area contributed by atoms with Crippen LogP contribution in [0.5, 0.6) is 0 Å². The number of carbonyl (C=O) groups excluding carboxylic acids is 1. The lowest BCUT2D eigenvalue weighted by Crippen LogP contribution is -2.40. The van der Waals surface area contributed by atoms with E-state index in [1.807, 2.05) is 6.26 Å². The molecule has 17 heavy (non-hydrogen) atoms. The summed E-state index contributed by atoms with van der Waals surface area (Å²) in [6.45, 7) is 2.95. The molecule has 0 unspecified atom stereocenters. The van der Waals surface area contributed by atoms with E-state index in [1.54, 1.807) is 11.1 Å². The fourth-order valence-electron chi connectivity index (χ4n) is 1.43. The third kappa shape index (κ3) is 5.06. The Morgan fingerprint density at radius 3 is 2.88 bits per heavy atom. The van der Waals surface area contributed by atoms with Gasteiger partial charge < -0.3 is 9.64 Å². The molecule has 1 fully saturated rings. The van der Waals surface area contributed by atoms with Crippen molar-refractivity contribution in [1.82, 2.24) is 10.2 Å². The Morgan fingerprint density at radius 1 is 1.59 bits per heavy atom. The molecule has 0 bridgehead atoms. The minimum Gasteiger partial charge on any atom is -0.378 e. The lowest BCUT2D eigenvalue weighted by Gasteiger charge is -2.26. The molecule has 0 aromatic heterocycles. The van der Waals surface area contributed by atoms with Crippen molar-refractivity contribution < 1.29 is 9.53 Å². The minimum atomic E-state index is 0.0921. The van der Waals surface area contributed by atoms with E-state index in [-0.39, 0.29) is 5.91 Å². The molecule has 1 amide bonds. The van der Waals surface area contributed by atoms with Crippen LogP contribution in [0.4, 0.5) is 0 Å². The van der Waals surface area contributed by atoms with E-state index in [4.69, 9.17) is 10.00 Å². The van der Waals surface area contributed by atoms with Gasteiger partial charge in [-0.15, -0.1) is 0 Å². The standard InChI is InChI=1S/C10H16N4O2S/c1-17-10(13-8-11)12-3-2-9(15)14-4-6-16-7-5-14/h2-7H2,1H3,(H,12,13). The smallest absolute Gasteiger partial charge is 0.224 e. The summed E-state index contributed by atoms with van der Waals surface area (Å²) < 4.78 is 5.17. The third-order valence-electron chi connectivity index (χ3n) is 2.30. The Morgan fingerprint density at radius 2 is 2.29 bits per heavy atom. The normalized spacial score (nSPS) is 16.5. The van der Waals surface area contributed by atoms with Gasteiger partial charge in [0.2, 0.25) is 5.91 Å². The topological polar surface area (TPSA) is 77.7 Å². The van der Waals surface area contributed by atoms with Crippen LogP contribution in [-0.2, 0) is 9.53 Å². The molecule has 0 atom stereocenters. The molecule has 0 radical (unpaired) electrons. The van der Waals surface area contributed by atoms with Gasteiger partial charge in [0.15, 0.2) is 11.4 Å². The summed E-state index contributed by atoms with van der Waals surface area (Å²) >= 11 is 1.35. The molecular formula is C10H16N4O2S. The monoisotopic (exact) mass is 256 g/mol. The van der Waals surface area contributed by atoms with E-state index >= 15 is 0 Å². The lowest BCUT2D eigenvalue weighted by molar-refractivity contribution is -0.135. The highest BCUT2D eigenvalue weighted by molar-refractivity contribution is 8.13. The maximum atomic E-state index is 11.7. The van der Waals surface area contributed by atoms with Crippen LogP contribution in [0.2, 0.25) is 0 Å². The molecule has 0 saturated carbocycles. The van der Waals surface area contributed by atoms with Gasteiger partial charge in [-0.05, 0) is 6.26 Å². The van der Waals surface area contributed by atoms with Gasteiger partial charge in [-0.1, -0.05) is 11.8 Å². The number of aliphatic imine (C=N–C) groups is 1. The first-order chi connectivity index (χ1) is 8.27. The van der Waals surface area contributed by atoms with E-state index in [0.717, 1.165) is 0 Å². The predicted octanol–water partition coefficient (Wildman–Crippen LogP) is 0.0250. The summed E-state index contributed by atoms with van der Waals surface area (Å²) in [4.78, 5) is 17.7. The number of morpholine rings is 1. The molecule has 0 spiro atoms. The van der Waals surface area contributed by atoms with Crippen molar-refractivity contribution in [2.45, 2.75) is 6.42 Å². The van der Waals surface area contributed by atoms with Gasteiger partial charge in [0.25, 0.3) is 0 Å². The van der Waals surface area contributed by atoms with Crippen molar-refractivity contribution in [1.29, 1.82) is 5.26 Å². The molecule has 1 heterocycles. The van der Waals surface area contributed by atoms with E-state index in [9.17, 15) is 4.79 Å². The van der Waals surface area contributed by atoms with Crippen LogP contribution in [0.25, 0.3) is 0 Å². The number of amidine groups is 1. The number of rotatable bonds is 3. The van der Waals surface area contributed by atoms with E-state index in [1.165, 1.54) is 11.8 Å². The average molecular weight is 256 g/mol. The zero-order valence-electron chi connectivity index (χ0n) is 9.81. The van der Waals surface area contributed by atoms with Gasteiger partial charge in [0.1, 0.15) is 0 Å². The quantitative estimate of drug-likeness (QED) is 0.333. The predicted molar refractivity (Wildman–Crippen MR) is 66.6 cm³/mol. The maximum Gasteiger partial charge on any atom is 0.224 e. The molecular weight excluding hydrogens is 240 g/mol. The molecule has 1 rings (SSSR count). The molecule has 94 valence electrons. The number of ether oxygens (including phenoxy) is 1. The Hall–Kier alpha value is -1.26. The summed E-state index contributed by atoms with van der Waals surface area (Å²) in [5.74, 6) is 0.0921. The largest absolute Gasteiger partial charge is 0.378 e. The molecule has 1 aliphatic rings. The van der Waals surface area contributed by atoms with Crippen molar-refractivity contribution in [3.63, 3.8) is 0 Å². The molecule has 0 aromatic carbocycles. The molecule has 6 nitrogen and oxygen atoms in total. The Labute approximate surface area is 105 Å². The fourth-order valence-corrected chi connectivity index (χ4v) is 1.79. The van der Waals surface area contributed by atoms with Crippen LogP contribution in [0.15, 0.2) is 4.99 Å². The first kappa shape index (κ1) is 13.8. The van der Waals surface area contributed by atoms with Crippen LogP contribution in [-0.4, -0.2) is 55.1 Å². The highest BCUT2D eigenvalue weighted by atomic mass is 32.2. The van der Waals surface area contributed by atoms with E-state index in [2.05, 4.69) is 10.3 Å². The first-order valence-corrected chi connectivity index (χ1v) is 6.59. The van der Waals surface area contributed by atoms with E-state index < -0.39 is 0 Å². The second-order valence-electron chi connectivity index (χ2n) is 3.37. The summed E-state index contributed by atoms with van der Waals surface area (Å²) in [5.41, 5.74) is 0. The third-order valence-corrected chi connectivity index (χ3v) is 2.92. The molecule has 0 aromatic rings. The lowest BCUT2D eigenvalue weighted by atomic mass is 10.3. The van der Waals surface area contributed by atoms with Crippen molar-refractivity contribution in [3.05, 3.63) is 0 Å². The van der Waals surface area contributed by atoms with Crippen molar-refractivity contribution in [3.8, 4) is 6.19 Å². The van der Waals surface area contributed by atoms with Crippen molar-refractivity contribution >= 4 is 22.8 Å². The molecule has 1 saturated heterocycles.